The van der Waals surface area contributed by atoms with Gasteiger partial charge in [0.15, 0.2) is 0 Å². The Morgan fingerprint density at radius 1 is 0.900 bits per heavy atom. The number of carboxylic acid groups (broad SMARTS) is 2. The Balaban J connectivity index is 2.13. The molecule has 0 aliphatic heterocycles. The summed E-state index contributed by atoms with van der Waals surface area (Å²) >= 11 is 0. The first-order chi connectivity index (χ1) is 9.61. The Morgan fingerprint density at radius 3 is 2.10 bits per heavy atom. The van der Waals surface area contributed by atoms with E-state index in [4.69, 9.17) is 5.11 Å². The highest BCUT2D eigenvalue weighted by molar-refractivity contribution is 5.70. The summed E-state index contributed by atoms with van der Waals surface area (Å²) in [5.41, 5.74) is 0. The monoisotopic (exact) mass is 284 g/mol. The van der Waals surface area contributed by atoms with E-state index >= 15 is 0 Å². The van der Waals surface area contributed by atoms with Crippen molar-refractivity contribution >= 4 is 11.9 Å². The van der Waals surface area contributed by atoms with Gasteiger partial charge in [0.05, 0.1) is 5.92 Å². The van der Waals surface area contributed by atoms with Gasteiger partial charge < -0.3 is 10.2 Å². The lowest BCUT2D eigenvalue weighted by Gasteiger charge is -2.27. The summed E-state index contributed by atoms with van der Waals surface area (Å²) in [5, 5.41) is 17.9. The van der Waals surface area contributed by atoms with Gasteiger partial charge in [0, 0.05) is 6.42 Å². The highest BCUT2D eigenvalue weighted by Crippen LogP contribution is 2.33. The molecule has 0 radical (unpaired) electrons. The summed E-state index contributed by atoms with van der Waals surface area (Å²) in [7, 11) is 0. The van der Waals surface area contributed by atoms with E-state index in [1.165, 1.54) is 19.3 Å². The van der Waals surface area contributed by atoms with Crippen molar-refractivity contribution in [1.82, 2.24) is 0 Å². The molecule has 1 rings (SSSR count). The molecule has 2 N–H and O–H groups in total. The molecule has 0 saturated heterocycles. The third-order valence-corrected chi connectivity index (χ3v) is 4.44. The minimum atomic E-state index is -0.728. The minimum Gasteiger partial charge on any atom is -0.481 e. The van der Waals surface area contributed by atoms with E-state index in [1.807, 2.05) is 0 Å². The lowest BCUT2D eigenvalue weighted by Crippen LogP contribution is -2.25. The van der Waals surface area contributed by atoms with Crippen LogP contribution in [0.25, 0.3) is 0 Å². The minimum absolute atomic E-state index is 0.158. The van der Waals surface area contributed by atoms with Gasteiger partial charge in [0.25, 0.3) is 0 Å². The third-order valence-electron chi connectivity index (χ3n) is 4.44. The van der Waals surface area contributed by atoms with Crippen molar-refractivity contribution in [2.75, 3.05) is 0 Å². The van der Waals surface area contributed by atoms with Gasteiger partial charge in [-0.3, -0.25) is 9.59 Å². The topological polar surface area (TPSA) is 74.6 Å². The number of carbonyl (C=O) groups is 2. The van der Waals surface area contributed by atoms with E-state index in [0.29, 0.717) is 5.92 Å². The number of carboxylic acids is 2. The Hall–Kier alpha value is -1.06. The maximum atomic E-state index is 11.4. The van der Waals surface area contributed by atoms with Gasteiger partial charge in [-0.25, -0.2) is 0 Å². The van der Waals surface area contributed by atoms with Crippen molar-refractivity contribution < 1.29 is 19.8 Å². The van der Waals surface area contributed by atoms with E-state index < -0.39 is 11.9 Å². The van der Waals surface area contributed by atoms with Crippen LogP contribution in [0.4, 0.5) is 0 Å². The molecule has 0 amide bonds. The molecule has 4 nitrogen and oxygen atoms in total. The molecule has 0 aromatic heterocycles. The van der Waals surface area contributed by atoms with Crippen molar-refractivity contribution in [3.8, 4) is 0 Å². The van der Waals surface area contributed by atoms with Gasteiger partial charge in [-0.1, -0.05) is 44.9 Å². The molecule has 1 aliphatic carbocycles. The van der Waals surface area contributed by atoms with Crippen LogP contribution in [0.15, 0.2) is 0 Å². The van der Waals surface area contributed by atoms with E-state index in [0.717, 1.165) is 51.4 Å². The van der Waals surface area contributed by atoms with Gasteiger partial charge >= 0.3 is 11.9 Å². The van der Waals surface area contributed by atoms with Crippen LogP contribution in [-0.2, 0) is 9.59 Å². The molecule has 1 unspecified atom stereocenters. The molecule has 1 aliphatic rings. The standard InChI is InChI=1S/C16H28O4/c17-15(18)12-8-3-1-2-7-11-14(16(19)20)13-9-5-4-6-10-13/h13-14H,1-12H2,(H,17,18)(H,19,20). The van der Waals surface area contributed by atoms with Gasteiger partial charge in [-0.2, -0.15) is 0 Å². The van der Waals surface area contributed by atoms with Crippen LogP contribution in [0.2, 0.25) is 0 Å². The third kappa shape index (κ3) is 6.92. The summed E-state index contributed by atoms with van der Waals surface area (Å²) in [4.78, 5) is 21.7. The molecule has 1 atom stereocenters. The Kier molecular flexibility index (Phi) is 8.31. The maximum Gasteiger partial charge on any atom is 0.306 e. The zero-order chi connectivity index (χ0) is 14.8. The van der Waals surface area contributed by atoms with E-state index in [9.17, 15) is 14.7 Å². The van der Waals surface area contributed by atoms with E-state index in [1.54, 1.807) is 0 Å². The highest BCUT2D eigenvalue weighted by Gasteiger charge is 2.28. The van der Waals surface area contributed by atoms with Gasteiger partial charge in [-0.15, -0.1) is 0 Å². The van der Waals surface area contributed by atoms with Crippen LogP contribution in [0, 0.1) is 11.8 Å². The smallest absolute Gasteiger partial charge is 0.306 e. The lowest BCUT2D eigenvalue weighted by atomic mass is 9.78. The molecule has 116 valence electrons. The first-order valence-electron chi connectivity index (χ1n) is 8.06. The van der Waals surface area contributed by atoms with Crippen LogP contribution in [-0.4, -0.2) is 22.2 Å². The zero-order valence-corrected chi connectivity index (χ0v) is 12.4. The molecule has 1 saturated carbocycles. The fourth-order valence-corrected chi connectivity index (χ4v) is 3.27. The quantitative estimate of drug-likeness (QED) is 0.593. The Bertz CT molecular complexity index is 295. The molecule has 0 aromatic carbocycles. The largest absolute Gasteiger partial charge is 0.481 e. The van der Waals surface area contributed by atoms with Crippen LogP contribution in [0.3, 0.4) is 0 Å². The molecule has 0 aromatic rings. The molecule has 0 heterocycles. The molecular weight excluding hydrogens is 256 g/mol. The molecular formula is C16H28O4. The predicted octanol–water partition coefficient (Wildman–Crippen LogP) is 4.08. The molecule has 0 bridgehead atoms. The summed E-state index contributed by atoms with van der Waals surface area (Å²) in [6.45, 7) is 0. The Labute approximate surface area is 121 Å². The van der Waals surface area contributed by atoms with Crippen LogP contribution < -0.4 is 0 Å². The average Bonchev–Trinajstić information content (AvgIpc) is 2.42. The summed E-state index contributed by atoms with van der Waals surface area (Å²) < 4.78 is 0. The molecule has 20 heavy (non-hydrogen) atoms. The average molecular weight is 284 g/mol. The second-order valence-electron chi connectivity index (χ2n) is 6.04. The van der Waals surface area contributed by atoms with Gasteiger partial charge in [0.1, 0.15) is 0 Å². The summed E-state index contributed by atoms with van der Waals surface area (Å²) in [5.74, 6) is -1.13. The summed E-state index contributed by atoms with van der Waals surface area (Å²) in [6.07, 6.45) is 11.5. The zero-order valence-electron chi connectivity index (χ0n) is 12.4. The fourth-order valence-electron chi connectivity index (χ4n) is 3.27. The second kappa shape index (κ2) is 9.78. The van der Waals surface area contributed by atoms with Crippen molar-refractivity contribution in [2.45, 2.75) is 77.0 Å². The normalized spacial score (nSPS) is 17.8. The number of unbranched alkanes of at least 4 members (excludes halogenated alkanes) is 4. The molecule has 4 heteroatoms. The first kappa shape index (κ1) is 17.0. The van der Waals surface area contributed by atoms with Crippen LogP contribution in [0.5, 0.6) is 0 Å². The number of rotatable bonds is 10. The van der Waals surface area contributed by atoms with Crippen molar-refractivity contribution in [3.05, 3.63) is 0 Å². The predicted molar refractivity (Wildman–Crippen MR) is 77.7 cm³/mol. The van der Waals surface area contributed by atoms with Gasteiger partial charge in [0.2, 0.25) is 0 Å². The Morgan fingerprint density at radius 2 is 1.50 bits per heavy atom. The first-order valence-corrected chi connectivity index (χ1v) is 8.06. The lowest BCUT2D eigenvalue weighted by molar-refractivity contribution is -0.144. The van der Waals surface area contributed by atoms with Crippen LogP contribution in [0.1, 0.15) is 77.0 Å². The van der Waals surface area contributed by atoms with E-state index in [-0.39, 0.29) is 12.3 Å². The van der Waals surface area contributed by atoms with E-state index in [2.05, 4.69) is 0 Å². The second-order valence-corrected chi connectivity index (χ2v) is 6.04. The number of hydrogen-bond acceptors (Lipinski definition) is 2. The highest BCUT2D eigenvalue weighted by atomic mass is 16.4. The number of hydrogen-bond donors (Lipinski definition) is 2. The molecule has 0 spiro atoms. The SMILES string of the molecule is O=C(O)CCCCCCCC(C(=O)O)C1CCCCC1. The van der Waals surface area contributed by atoms with Crippen LogP contribution >= 0.6 is 0 Å². The van der Waals surface area contributed by atoms with Crippen molar-refractivity contribution in [3.63, 3.8) is 0 Å². The summed E-state index contributed by atoms with van der Waals surface area (Å²) in [6, 6.07) is 0. The van der Waals surface area contributed by atoms with Gasteiger partial charge in [-0.05, 0) is 31.6 Å². The fraction of sp³-hybridized carbons (Fsp3) is 0.875. The number of aliphatic carboxylic acids is 2. The molecule has 1 fully saturated rings. The maximum absolute atomic E-state index is 11.4. The van der Waals surface area contributed by atoms with Crippen molar-refractivity contribution in [2.24, 2.45) is 11.8 Å². The van der Waals surface area contributed by atoms with Crippen molar-refractivity contribution in [1.29, 1.82) is 0 Å².